The van der Waals surface area contributed by atoms with Crippen LogP contribution in [0.5, 0.6) is 0 Å². The summed E-state index contributed by atoms with van der Waals surface area (Å²) in [6, 6.07) is 0. The zero-order valence-corrected chi connectivity index (χ0v) is 12.1. The van der Waals surface area contributed by atoms with Gasteiger partial charge in [-0.3, -0.25) is 0 Å². The Kier molecular flexibility index (Phi) is 159. The van der Waals surface area contributed by atoms with Crippen LogP contribution in [-0.4, -0.2) is 30.4 Å². The number of halogens is 1. The first kappa shape index (κ1) is 25.7. The molecule has 34 valence electrons. The molecule has 0 unspecified atom stereocenters. The van der Waals surface area contributed by atoms with Gasteiger partial charge in [0.15, 0.2) is 0 Å². The van der Waals surface area contributed by atoms with E-state index in [1.165, 1.54) is 0 Å². The van der Waals surface area contributed by atoms with Gasteiger partial charge in [0.25, 0.3) is 0 Å². The second kappa shape index (κ2) is 31.0. The van der Waals surface area contributed by atoms with Crippen LogP contribution < -0.4 is 0 Å². The second-order valence-corrected chi connectivity index (χ2v) is 0. The Morgan fingerprint density at radius 3 is 1.20 bits per heavy atom. The van der Waals surface area contributed by atoms with E-state index in [4.69, 9.17) is 4.20 Å². The van der Waals surface area contributed by atoms with E-state index in [1.807, 2.05) is 16.3 Å². The van der Waals surface area contributed by atoms with Crippen LogP contribution in [0.25, 0.3) is 0 Å². The van der Waals surface area contributed by atoms with Gasteiger partial charge in [-0.2, -0.15) is 0 Å². The van der Waals surface area contributed by atoms with E-state index in [0.717, 1.165) is 0 Å². The molecule has 0 atom stereocenters. The molecule has 5 heteroatoms. The fourth-order valence-electron chi connectivity index (χ4n) is 0. The molecule has 0 rings (SSSR count). The van der Waals surface area contributed by atoms with E-state index in [0.29, 0.717) is 0 Å². The van der Waals surface area contributed by atoms with Gasteiger partial charge in [-0.1, -0.05) is 0 Å². The van der Waals surface area contributed by atoms with Gasteiger partial charge < -0.3 is 4.20 Å². The van der Waals surface area contributed by atoms with Crippen molar-refractivity contribution in [2.45, 2.75) is 0 Å². The molecule has 0 aromatic heterocycles. The Morgan fingerprint density at radius 2 is 1.20 bits per heavy atom. The van der Waals surface area contributed by atoms with Crippen molar-refractivity contribution >= 4 is 42.5 Å². The Labute approximate surface area is 84.2 Å². The minimum absolute atomic E-state index is 0. The summed E-state index contributed by atoms with van der Waals surface area (Å²) in [5.74, 6) is 0. The first-order valence-electron chi connectivity index (χ1n) is 0.169. The van der Waals surface area contributed by atoms with E-state index in [9.17, 15) is 0 Å². The SMILES string of the molecule is OBr.[BiH3].[Fe].[Ti]. The largest absolute Gasteiger partial charge is 0 e. The smallest absolute Gasteiger partial charge is 0 e. The predicted molar refractivity (Wildman–Crippen MR) is 21.1 cm³/mol. The first-order valence-corrected chi connectivity index (χ1v) is 0.878. The van der Waals surface area contributed by atoms with E-state index < -0.39 is 0 Å². The summed E-state index contributed by atoms with van der Waals surface area (Å²) in [4.78, 5) is 0. The molecule has 0 aromatic carbocycles. The van der Waals surface area contributed by atoms with Gasteiger partial charge in [0.1, 0.15) is 0 Å². The van der Waals surface area contributed by atoms with Crippen molar-refractivity contribution < 1.29 is 43.0 Å². The van der Waals surface area contributed by atoms with Crippen LogP contribution in [0.4, 0.5) is 0 Å². The van der Waals surface area contributed by atoms with Crippen molar-refractivity contribution in [3.05, 3.63) is 0 Å². The third-order valence-corrected chi connectivity index (χ3v) is 0. The monoisotopic (exact) mass is 412 g/mol. The molecule has 0 bridgehead atoms. The maximum atomic E-state index is 6.81. The summed E-state index contributed by atoms with van der Waals surface area (Å²) in [5, 5.41) is 0. The van der Waals surface area contributed by atoms with Gasteiger partial charge >= 0.3 is 26.2 Å². The van der Waals surface area contributed by atoms with Gasteiger partial charge in [-0.15, -0.1) is 0 Å². The molecule has 0 radical (unpaired) electrons. The second-order valence-electron chi connectivity index (χ2n) is 0. The molecular weight excluding hydrogens is 409 g/mol. The minimum Gasteiger partial charge on any atom is 0 e. The fourth-order valence-corrected chi connectivity index (χ4v) is 0. The minimum atomic E-state index is 0. The van der Waals surface area contributed by atoms with Crippen LogP contribution in [0.2, 0.25) is 0 Å². The molecule has 0 amide bonds. The van der Waals surface area contributed by atoms with Crippen LogP contribution in [0, 0.1) is 0 Å². The summed E-state index contributed by atoms with van der Waals surface area (Å²) < 4.78 is 6.81. The van der Waals surface area contributed by atoms with Crippen LogP contribution in [0.15, 0.2) is 0 Å². The zero-order valence-electron chi connectivity index (χ0n) is 2.39. The van der Waals surface area contributed by atoms with E-state index in [2.05, 4.69) is 0 Å². The molecule has 0 saturated heterocycles. The molecule has 0 aliphatic carbocycles. The van der Waals surface area contributed by atoms with Crippen molar-refractivity contribution in [2.75, 3.05) is 0 Å². The van der Waals surface area contributed by atoms with Crippen LogP contribution in [0.3, 0.4) is 0 Å². The number of hydrogen-bond acceptors (Lipinski definition) is 1. The summed E-state index contributed by atoms with van der Waals surface area (Å²) in [5.41, 5.74) is 0. The molecule has 0 aliphatic heterocycles. The third kappa shape index (κ3) is 20.8. The van der Waals surface area contributed by atoms with E-state index in [1.54, 1.807) is 0 Å². The predicted octanol–water partition coefficient (Wildman–Crippen LogP) is -0.900. The Bertz CT molecular complexity index is 11.6. The van der Waals surface area contributed by atoms with Gasteiger partial charge in [0, 0.05) is 38.8 Å². The van der Waals surface area contributed by atoms with Crippen LogP contribution >= 0.6 is 16.3 Å². The Hall–Kier alpha value is 2.56. The van der Waals surface area contributed by atoms with Gasteiger partial charge in [-0.05, 0) is 0 Å². The van der Waals surface area contributed by atoms with Crippen molar-refractivity contribution in [1.29, 1.82) is 0 Å². The summed E-state index contributed by atoms with van der Waals surface area (Å²) >= 11 is 1.94. The van der Waals surface area contributed by atoms with Gasteiger partial charge in [0.05, 0.1) is 16.3 Å². The van der Waals surface area contributed by atoms with E-state index in [-0.39, 0.29) is 65.0 Å². The van der Waals surface area contributed by atoms with Gasteiger partial charge in [-0.25, -0.2) is 0 Å². The van der Waals surface area contributed by atoms with Crippen LogP contribution in [-0.2, 0) is 38.8 Å². The van der Waals surface area contributed by atoms with E-state index >= 15 is 0 Å². The molecule has 0 saturated carbocycles. The number of hydrogen-bond donors (Lipinski definition) is 1. The van der Waals surface area contributed by atoms with Crippen LogP contribution in [0.1, 0.15) is 0 Å². The normalized spacial score (nSPS) is 1.20. The average molecular weight is 413 g/mol. The molecule has 5 heavy (non-hydrogen) atoms. The first-order chi connectivity index (χ1) is 1.00. The maximum Gasteiger partial charge on any atom is 0 e. The molecule has 0 spiro atoms. The Morgan fingerprint density at radius 1 is 1.20 bits per heavy atom. The quantitative estimate of drug-likeness (QED) is 0.512. The van der Waals surface area contributed by atoms with Crippen molar-refractivity contribution in [1.82, 2.24) is 0 Å². The Balaban J connectivity index is -0.00000000167. The zero-order chi connectivity index (χ0) is 2.00. The molecule has 0 heterocycles. The fraction of sp³-hybridized carbons (Fsp3) is 0. The van der Waals surface area contributed by atoms with Crippen molar-refractivity contribution in [3.63, 3.8) is 0 Å². The summed E-state index contributed by atoms with van der Waals surface area (Å²) in [6.07, 6.45) is 0. The number of rotatable bonds is 0. The van der Waals surface area contributed by atoms with Gasteiger partial charge in [0.2, 0.25) is 0 Å². The summed E-state index contributed by atoms with van der Waals surface area (Å²) in [6.45, 7) is 0. The molecule has 1 N–H and O–H groups in total. The van der Waals surface area contributed by atoms with Crippen molar-refractivity contribution in [3.8, 4) is 0 Å². The molecule has 0 fully saturated rings. The summed E-state index contributed by atoms with van der Waals surface area (Å²) in [7, 11) is 0. The molecule has 0 aromatic rings. The third-order valence-electron chi connectivity index (χ3n) is 0. The average Bonchev–Trinajstić information content (AvgIpc) is 1.00. The maximum absolute atomic E-state index is 6.81. The molecule has 1 nitrogen and oxygen atoms in total. The topological polar surface area (TPSA) is 20.2 Å². The van der Waals surface area contributed by atoms with Crippen molar-refractivity contribution in [2.24, 2.45) is 0 Å². The standard InChI is InChI=1S/Bi.BrHO.Fe.Ti.3H/c;1-2;;;;;/h;2H;;;;;. The molecule has 0 aliphatic rings. The molecular formula is H4BiBrFeOTi.